The summed E-state index contributed by atoms with van der Waals surface area (Å²) in [5.74, 6) is 0.608. The summed E-state index contributed by atoms with van der Waals surface area (Å²) in [6.07, 6.45) is 1.13. The topological polar surface area (TPSA) is 61.6 Å². The molecular formula is C9H9NO4. The van der Waals surface area contributed by atoms with Gasteiger partial charge in [-0.15, -0.1) is 0 Å². The first-order valence-corrected chi connectivity index (χ1v) is 3.79. The molecule has 0 aliphatic rings. The summed E-state index contributed by atoms with van der Waals surface area (Å²) in [4.78, 5) is 10.0. The van der Waals surface area contributed by atoms with Gasteiger partial charge in [-0.25, -0.2) is 0 Å². The highest BCUT2D eigenvalue weighted by molar-refractivity contribution is 5.50. The Morgan fingerprint density at radius 1 is 1.57 bits per heavy atom. The van der Waals surface area contributed by atoms with Crippen molar-refractivity contribution in [3.05, 3.63) is 41.2 Å². The number of hydrogen-bond acceptors (Lipinski definition) is 4. The van der Waals surface area contributed by atoms with Crippen molar-refractivity contribution in [2.24, 2.45) is 0 Å². The van der Waals surface area contributed by atoms with Crippen molar-refractivity contribution >= 4 is 5.69 Å². The van der Waals surface area contributed by atoms with E-state index < -0.39 is 4.92 Å². The zero-order valence-corrected chi connectivity index (χ0v) is 7.60. The fraction of sp³-hybridized carbons (Fsp3) is 0.111. The van der Waals surface area contributed by atoms with Crippen molar-refractivity contribution < 1.29 is 14.4 Å². The van der Waals surface area contributed by atoms with Crippen molar-refractivity contribution in [2.45, 2.75) is 0 Å². The van der Waals surface area contributed by atoms with Crippen LogP contribution in [0.25, 0.3) is 0 Å². The molecule has 0 fully saturated rings. The van der Waals surface area contributed by atoms with Gasteiger partial charge in [0.1, 0.15) is 5.75 Å². The van der Waals surface area contributed by atoms with Crippen LogP contribution in [0.3, 0.4) is 0 Å². The zero-order chi connectivity index (χ0) is 10.6. The first-order chi connectivity index (χ1) is 6.69. The quantitative estimate of drug-likeness (QED) is 0.419. The first kappa shape index (κ1) is 10.0. The van der Waals surface area contributed by atoms with E-state index in [4.69, 9.17) is 9.47 Å². The van der Waals surface area contributed by atoms with Gasteiger partial charge in [0.25, 0.3) is 0 Å². The second kappa shape index (κ2) is 4.27. The molecule has 0 bridgehead atoms. The maximum absolute atomic E-state index is 10.5. The lowest BCUT2D eigenvalue weighted by Crippen LogP contribution is -1.93. The first-order valence-electron chi connectivity index (χ1n) is 3.79. The molecule has 0 amide bonds. The number of hydrogen-bond donors (Lipinski definition) is 0. The Hall–Kier alpha value is -2.04. The van der Waals surface area contributed by atoms with Gasteiger partial charge >= 0.3 is 5.69 Å². The predicted molar refractivity (Wildman–Crippen MR) is 50.5 cm³/mol. The molecule has 1 aromatic carbocycles. The standard InChI is InChI=1S/C9H9NO4/c1-3-14-9-6-7(13-2)4-5-8(9)10(11)12/h3-6H,1H2,2H3. The minimum absolute atomic E-state index is 0.115. The van der Waals surface area contributed by atoms with Crippen molar-refractivity contribution in [1.82, 2.24) is 0 Å². The van der Waals surface area contributed by atoms with Crippen molar-refractivity contribution in [3.8, 4) is 11.5 Å². The lowest BCUT2D eigenvalue weighted by atomic mass is 10.3. The highest BCUT2D eigenvalue weighted by Gasteiger charge is 2.15. The summed E-state index contributed by atoms with van der Waals surface area (Å²) in [5, 5.41) is 10.5. The van der Waals surface area contributed by atoms with Gasteiger partial charge in [-0.3, -0.25) is 10.1 Å². The fourth-order valence-corrected chi connectivity index (χ4v) is 0.956. The van der Waals surface area contributed by atoms with E-state index in [9.17, 15) is 10.1 Å². The van der Waals surface area contributed by atoms with Crippen LogP contribution >= 0.6 is 0 Å². The van der Waals surface area contributed by atoms with Crippen molar-refractivity contribution in [1.29, 1.82) is 0 Å². The third-order valence-corrected chi connectivity index (χ3v) is 1.57. The van der Waals surface area contributed by atoms with E-state index in [1.807, 2.05) is 0 Å². The van der Waals surface area contributed by atoms with E-state index in [0.29, 0.717) is 5.75 Å². The Morgan fingerprint density at radius 3 is 2.79 bits per heavy atom. The average Bonchev–Trinajstić information content (AvgIpc) is 2.17. The third-order valence-electron chi connectivity index (χ3n) is 1.57. The Morgan fingerprint density at radius 2 is 2.29 bits per heavy atom. The molecule has 0 aliphatic carbocycles. The molecule has 1 aromatic rings. The zero-order valence-electron chi connectivity index (χ0n) is 7.60. The van der Waals surface area contributed by atoms with Crippen LogP contribution in [0.15, 0.2) is 31.0 Å². The number of rotatable bonds is 4. The molecule has 0 saturated heterocycles. The molecule has 0 radical (unpaired) electrons. The van der Waals surface area contributed by atoms with Crippen LogP contribution in [-0.2, 0) is 0 Å². The molecule has 0 aliphatic heterocycles. The molecule has 0 unspecified atom stereocenters. The highest BCUT2D eigenvalue weighted by Crippen LogP contribution is 2.30. The summed E-state index contributed by atoms with van der Waals surface area (Å²) < 4.78 is 9.78. The van der Waals surface area contributed by atoms with Crippen molar-refractivity contribution in [2.75, 3.05) is 7.11 Å². The molecule has 0 atom stereocenters. The second-order valence-electron chi connectivity index (χ2n) is 2.38. The van der Waals surface area contributed by atoms with Gasteiger partial charge in [0.2, 0.25) is 5.75 Å². The molecule has 0 N–H and O–H groups in total. The largest absolute Gasteiger partial charge is 0.497 e. The van der Waals surface area contributed by atoms with Gasteiger partial charge in [-0.05, 0) is 6.07 Å². The third kappa shape index (κ3) is 2.01. The molecule has 1 rings (SSSR count). The number of nitro groups is 1. The molecule has 0 saturated carbocycles. The molecule has 0 spiro atoms. The Kier molecular flexibility index (Phi) is 3.06. The summed E-state index contributed by atoms with van der Waals surface area (Å²) in [7, 11) is 1.47. The van der Waals surface area contributed by atoms with Crippen molar-refractivity contribution in [3.63, 3.8) is 0 Å². The van der Waals surface area contributed by atoms with Crippen LogP contribution in [0.4, 0.5) is 5.69 Å². The number of benzene rings is 1. The predicted octanol–water partition coefficient (Wildman–Crippen LogP) is 2.13. The summed E-state index contributed by atoms with van der Waals surface area (Å²) in [6, 6.07) is 4.24. The Labute approximate surface area is 80.7 Å². The van der Waals surface area contributed by atoms with Gasteiger partial charge in [0.05, 0.1) is 18.3 Å². The maximum atomic E-state index is 10.5. The lowest BCUT2D eigenvalue weighted by Gasteiger charge is -2.03. The molecule has 5 heteroatoms. The summed E-state index contributed by atoms with van der Waals surface area (Å²) in [5.41, 5.74) is -0.120. The molecule has 0 heterocycles. The monoisotopic (exact) mass is 195 g/mol. The summed E-state index contributed by atoms with van der Waals surface area (Å²) in [6.45, 7) is 3.33. The van der Waals surface area contributed by atoms with Gasteiger partial charge in [0.15, 0.2) is 0 Å². The van der Waals surface area contributed by atoms with Gasteiger partial charge < -0.3 is 9.47 Å². The van der Waals surface area contributed by atoms with Crippen LogP contribution < -0.4 is 9.47 Å². The Bertz CT molecular complexity index is 362. The molecule has 0 aromatic heterocycles. The van der Waals surface area contributed by atoms with E-state index in [2.05, 4.69) is 6.58 Å². The molecule has 14 heavy (non-hydrogen) atoms. The minimum Gasteiger partial charge on any atom is -0.497 e. The van der Waals surface area contributed by atoms with Crippen LogP contribution in [0.1, 0.15) is 0 Å². The smallest absolute Gasteiger partial charge is 0.311 e. The number of methoxy groups -OCH3 is 1. The van der Waals surface area contributed by atoms with E-state index in [1.54, 1.807) is 0 Å². The average molecular weight is 195 g/mol. The van der Waals surface area contributed by atoms with Gasteiger partial charge in [-0.2, -0.15) is 0 Å². The van der Waals surface area contributed by atoms with E-state index in [-0.39, 0.29) is 11.4 Å². The number of ether oxygens (including phenoxy) is 2. The lowest BCUT2D eigenvalue weighted by molar-refractivity contribution is -0.385. The van der Waals surface area contributed by atoms with Gasteiger partial charge in [0, 0.05) is 12.1 Å². The van der Waals surface area contributed by atoms with E-state index >= 15 is 0 Å². The number of nitrogens with zero attached hydrogens (tertiary/aromatic N) is 1. The van der Waals surface area contributed by atoms with Crippen LogP contribution in [0.5, 0.6) is 11.5 Å². The van der Waals surface area contributed by atoms with Gasteiger partial charge in [-0.1, -0.05) is 6.58 Å². The highest BCUT2D eigenvalue weighted by atomic mass is 16.6. The SMILES string of the molecule is C=COc1cc(OC)ccc1[N+](=O)[O-]. The molecule has 74 valence electrons. The Balaban J connectivity index is 3.16. The molecule has 5 nitrogen and oxygen atoms in total. The second-order valence-corrected chi connectivity index (χ2v) is 2.38. The molecular weight excluding hydrogens is 186 g/mol. The van der Waals surface area contributed by atoms with Crippen LogP contribution in [0.2, 0.25) is 0 Å². The van der Waals surface area contributed by atoms with Crippen LogP contribution in [0, 0.1) is 10.1 Å². The summed E-state index contributed by atoms with van der Waals surface area (Å²) >= 11 is 0. The fourth-order valence-electron chi connectivity index (χ4n) is 0.956. The van der Waals surface area contributed by atoms with E-state index in [1.165, 1.54) is 25.3 Å². The van der Waals surface area contributed by atoms with E-state index in [0.717, 1.165) is 6.26 Å². The number of nitro benzene ring substituents is 1. The minimum atomic E-state index is -0.529. The normalized spacial score (nSPS) is 9.21. The van der Waals surface area contributed by atoms with Crippen LogP contribution in [-0.4, -0.2) is 12.0 Å². The maximum Gasteiger partial charge on any atom is 0.311 e.